The number of hydrogen-bond donors (Lipinski definition) is 3. The molecule has 35 heavy (non-hydrogen) atoms. The third kappa shape index (κ3) is 6.15. The van der Waals surface area contributed by atoms with Gasteiger partial charge < -0.3 is 29.4 Å². The Morgan fingerprint density at radius 2 is 1.66 bits per heavy atom. The quantitative estimate of drug-likeness (QED) is 0.312. The number of carbonyl (C=O) groups is 1. The highest BCUT2D eigenvalue weighted by Gasteiger charge is 2.26. The Morgan fingerprint density at radius 3 is 2.26 bits per heavy atom. The summed E-state index contributed by atoms with van der Waals surface area (Å²) in [6.07, 6.45) is 0.274. The van der Waals surface area contributed by atoms with Crippen LogP contribution < -0.4 is 10.3 Å². The molecule has 0 amide bonds. The first-order chi connectivity index (χ1) is 16.6. The number of benzene rings is 2. The van der Waals surface area contributed by atoms with Gasteiger partial charge in [0.05, 0.1) is 25.2 Å². The minimum absolute atomic E-state index is 0.00412. The minimum atomic E-state index is -0.729. The van der Waals surface area contributed by atoms with E-state index in [2.05, 4.69) is 0 Å². The van der Waals surface area contributed by atoms with Gasteiger partial charge in [0.1, 0.15) is 11.5 Å². The van der Waals surface area contributed by atoms with Gasteiger partial charge in [-0.2, -0.15) is 0 Å². The summed E-state index contributed by atoms with van der Waals surface area (Å²) in [7, 11) is 1.28. The highest BCUT2D eigenvalue weighted by molar-refractivity contribution is 5.71. The van der Waals surface area contributed by atoms with Crippen molar-refractivity contribution >= 4 is 5.97 Å². The average Bonchev–Trinajstić information content (AvgIpc) is 2.80. The molecule has 8 nitrogen and oxygen atoms in total. The molecule has 3 N–H and O–H groups in total. The largest absolute Gasteiger partial charge is 0.507 e. The molecule has 0 bridgehead atoms. The van der Waals surface area contributed by atoms with E-state index in [9.17, 15) is 24.9 Å². The van der Waals surface area contributed by atoms with Gasteiger partial charge in [0.15, 0.2) is 11.5 Å². The number of phenols is 2. The van der Waals surface area contributed by atoms with Crippen molar-refractivity contribution in [2.45, 2.75) is 52.2 Å². The molecule has 2 aromatic carbocycles. The van der Waals surface area contributed by atoms with Gasteiger partial charge in [-0.15, -0.1) is 0 Å². The molecular formula is C27H31NO7. The van der Waals surface area contributed by atoms with Crippen LogP contribution in [0.25, 0.3) is 0 Å². The highest BCUT2D eigenvalue weighted by Crippen LogP contribution is 2.33. The third-order valence-electron chi connectivity index (χ3n) is 5.79. The van der Waals surface area contributed by atoms with Gasteiger partial charge in [-0.05, 0) is 68.7 Å². The summed E-state index contributed by atoms with van der Waals surface area (Å²) in [5.41, 5.74) is 1.64. The summed E-state index contributed by atoms with van der Waals surface area (Å²) < 4.78 is 12.1. The maximum atomic E-state index is 13.6. The first-order valence-electron chi connectivity index (χ1n) is 11.4. The van der Waals surface area contributed by atoms with E-state index in [1.54, 1.807) is 37.3 Å². The number of esters is 1. The Balaban J connectivity index is 2.01. The topological polar surface area (TPSA) is 118 Å². The minimum Gasteiger partial charge on any atom is -0.507 e. The number of aromatic hydroxyl groups is 3. The lowest BCUT2D eigenvalue weighted by molar-refractivity contribution is -0.140. The second-order valence-corrected chi connectivity index (χ2v) is 8.68. The van der Waals surface area contributed by atoms with E-state index < -0.39 is 17.4 Å². The molecule has 186 valence electrons. The molecule has 0 saturated carbocycles. The number of pyridine rings is 1. The normalized spacial score (nSPS) is 11.9. The van der Waals surface area contributed by atoms with Crippen molar-refractivity contribution < 1.29 is 29.6 Å². The monoisotopic (exact) mass is 481 g/mol. The van der Waals surface area contributed by atoms with Crippen molar-refractivity contribution in [3.63, 3.8) is 0 Å². The van der Waals surface area contributed by atoms with E-state index in [1.165, 1.54) is 29.9 Å². The predicted molar refractivity (Wildman–Crippen MR) is 131 cm³/mol. The Kier molecular flexibility index (Phi) is 8.06. The van der Waals surface area contributed by atoms with Gasteiger partial charge in [-0.25, -0.2) is 0 Å². The molecule has 0 aliphatic carbocycles. The molecule has 0 radical (unpaired) electrons. The van der Waals surface area contributed by atoms with Crippen LogP contribution in [0.2, 0.25) is 0 Å². The van der Waals surface area contributed by atoms with E-state index in [-0.39, 0.29) is 41.9 Å². The molecule has 0 fully saturated rings. The van der Waals surface area contributed by atoms with Gasteiger partial charge in [0, 0.05) is 18.2 Å². The Bertz CT molecular complexity index is 1250. The zero-order valence-electron chi connectivity index (χ0n) is 20.3. The number of carbonyl (C=O) groups excluding carboxylic acids is 1. The lowest BCUT2D eigenvalue weighted by atomic mass is 9.88. The highest BCUT2D eigenvalue weighted by atomic mass is 16.5. The number of ether oxygens (including phenoxy) is 2. The molecular weight excluding hydrogens is 450 g/mol. The fourth-order valence-electron chi connectivity index (χ4n) is 4.03. The molecule has 8 heteroatoms. The average molecular weight is 482 g/mol. The van der Waals surface area contributed by atoms with Crippen LogP contribution in [0.5, 0.6) is 23.0 Å². The third-order valence-corrected chi connectivity index (χ3v) is 5.79. The molecule has 0 unspecified atom stereocenters. The number of aryl methyl sites for hydroxylation is 2. The van der Waals surface area contributed by atoms with Gasteiger partial charge in [0.25, 0.3) is 5.56 Å². The standard InChI is InChI=1S/C27H31NO7/c1-16(2)35-20-8-6-19(7-9-20)21(15-25(32)34-4)26-24(31)13-17(3)28(27(26)33)12-11-18-5-10-22(29)23(30)14-18/h5-10,13-14,16,21,29-31H,11-12,15H2,1-4H3/t21-/m0/s1. The van der Waals surface area contributed by atoms with E-state index in [0.29, 0.717) is 23.4 Å². The molecule has 0 aliphatic heterocycles. The van der Waals surface area contributed by atoms with Crippen LogP contribution in [0.3, 0.4) is 0 Å². The van der Waals surface area contributed by atoms with Gasteiger partial charge in [-0.3, -0.25) is 9.59 Å². The molecule has 3 rings (SSSR count). The number of hydrogen-bond acceptors (Lipinski definition) is 7. The second-order valence-electron chi connectivity index (χ2n) is 8.68. The lowest BCUT2D eigenvalue weighted by Gasteiger charge is -2.21. The fraction of sp³-hybridized carbons (Fsp3) is 0.333. The van der Waals surface area contributed by atoms with Crippen LogP contribution >= 0.6 is 0 Å². The molecule has 3 aromatic rings. The Hall–Kier alpha value is -3.94. The van der Waals surface area contributed by atoms with Crippen molar-refractivity contribution in [3.8, 4) is 23.0 Å². The SMILES string of the molecule is COC(=O)C[C@@H](c1ccc(OC(C)C)cc1)c1c(O)cc(C)n(CCc2ccc(O)c(O)c2)c1=O. The van der Waals surface area contributed by atoms with Crippen LogP contribution in [0.15, 0.2) is 53.3 Å². The summed E-state index contributed by atoms with van der Waals surface area (Å²) in [4.78, 5) is 25.8. The first-order valence-corrected chi connectivity index (χ1v) is 11.4. The number of nitrogens with zero attached hydrogens (tertiary/aromatic N) is 1. The van der Waals surface area contributed by atoms with Crippen LogP contribution in [0.4, 0.5) is 0 Å². The van der Waals surface area contributed by atoms with Crippen LogP contribution in [-0.4, -0.2) is 39.1 Å². The molecule has 1 aromatic heterocycles. The van der Waals surface area contributed by atoms with Crippen LogP contribution in [0.1, 0.15) is 48.6 Å². The van der Waals surface area contributed by atoms with Crippen LogP contribution in [-0.2, 0) is 22.5 Å². The fourth-order valence-corrected chi connectivity index (χ4v) is 4.03. The summed E-state index contributed by atoms with van der Waals surface area (Å²) >= 11 is 0. The Labute approximate surface area is 204 Å². The smallest absolute Gasteiger partial charge is 0.306 e. The van der Waals surface area contributed by atoms with Gasteiger partial charge in [-0.1, -0.05) is 18.2 Å². The molecule has 1 atom stereocenters. The summed E-state index contributed by atoms with van der Waals surface area (Å²) in [6.45, 7) is 5.82. The van der Waals surface area contributed by atoms with E-state index in [4.69, 9.17) is 9.47 Å². The molecule has 0 saturated heterocycles. The molecule has 1 heterocycles. The second kappa shape index (κ2) is 11.0. The number of phenolic OH excluding ortho intramolecular Hbond substituents is 2. The maximum absolute atomic E-state index is 13.6. The Morgan fingerprint density at radius 1 is 0.971 bits per heavy atom. The first kappa shape index (κ1) is 25.7. The summed E-state index contributed by atoms with van der Waals surface area (Å²) in [5, 5.41) is 30.1. The van der Waals surface area contributed by atoms with Crippen molar-refractivity contribution in [1.29, 1.82) is 0 Å². The van der Waals surface area contributed by atoms with E-state index in [0.717, 1.165) is 5.56 Å². The zero-order valence-corrected chi connectivity index (χ0v) is 20.3. The van der Waals surface area contributed by atoms with Crippen molar-refractivity contribution in [1.82, 2.24) is 4.57 Å². The van der Waals surface area contributed by atoms with Crippen molar-refractivity contribution in [2.75, 3.05) is 7.11 Å². The maximum Gasteiger partial charge on any atom is 0.306 e. The van der Waals surface area contributed by atoms with Crippen LogP contribution in [0, 0.1) is 6.92 Å². The number of rotatable bonds is 9. The number of methoxy groups -OCH3 is 1. The van der Waals surface area contributed by atoms with Gasteiger partial charge in [0.2, 0.25) is 0 Å². The zero-order chi connectivity index (χ0) is 25.7. The lowest BCUT2D eigenvalue weighted by Crippen LogP contribution is -2.29. The molecule has 0 aliphatic rings. The number of aromatic nitrogens is 1. The molecule has 0 spiro atoms. The predicted octanol–water partition coefficient (Wildman–Crippen LogP) is 4.00. The van der Waals surface area contributed by atoms with Crippen molar-refractivity contribution in [3.05, 3.63) is 81.3 Å². The van der Waals surface area contributed by atoms with E-state index in [1.807, 2.05) is 13.8 Å². The van der Waals surface area contributed by atoms with Crippen molar-refractivity contribution in [2.24, 2.45) is 0 Å². The van der Waals surface area contributed by atoms with Gasteiger partial charge >= 0.3 is 5.97 Å². The summed E-state index contributed by atoms with van der Waals surface area (Å²) in [5.74, 6) is -1.23. The summed E-state index contributed by atoms with van der Waals surface area (Å²) in [6, 6.07) is 13.1. The van der Waals surface area contributed by atoms with E-state index >= 15 is 0 Å².